The van der Waals surface area contributed by atoms with Gasteiger partial charge in [0.05, 0.1) is 12.3 Å². The summed E-state index contributed by atoms with van der Waals surface area (Å²) in [6.45, 7) is 14.1. The highest BCUT2D eigenvalue weighted by Crippen LogP contribution is 2.49. The smallest absolute Gasteiger partial charge is 0.0560 e. The Labute approximate surface area is 59.4 Å². The zero-order valence-electron chi connectivity index (χ0n) is 6.81. The van der Waals surface area contributed by atoms with E-state index < -0.39 is 7.26 Å². The van der Waals surface area contributed by atoms with Crippen molar-refractivity contribution in [2.75, 3.05) is 25.7 Å². The average molecular weight is 145 g/mol. The highest BCUT2D eigenvalue weighted by Gasteiger charge is 2.17. The maximum Gasteiger partial charge on any atom is 0.0560 e. The maximum absolute atomic E-state index is 6.25. The summed E-state index contributed by atoms with van der Waals surface area (Å²) in [6, 6.07) is 0. The van der Waals surface area contributed by atoms with Gasteiger partial charge < -0.3 is 11.8 Å². The zero-order valence-corrected chi connectivity index (χ0v) is 7.70. The monoisotopic (exact) mass is 145 g/mol. The van der Waals surface area contributed by atoms with Crippen LogP contribution in [-0.4, -0.2) is 25.7 Å². The van der Waals surface area contributed by atoms with Crippen molar-refractivity contribution in [2.45, 2.75) is 13.8 Å². The minimum atomic E-state index is -0.404. The van der Waals surface area contributed by atoms with Crippen LogP contribution in [0.15, 0.2) is 0 Å². The Bertz CT molecular complexity index is 70.2. The van der Waals surface area contributed by atoms with E-state index in [0.717, 1.165) is 0 Å². The van der Waals surface area contributed by atoms with Gasteiger partial charge in [-0.2, -0.15) is 0 Å². The van der Waals surface area contributed by atoms with Crippen molar-refractivity contribution in [3.05, 3.63) is 6.57 Å². The van der Waals surface area contributed by atoms with Gasteiger partial charge in [-0.15, -0.1) is 0 Å². The van der Waals surface area contributed by atoms with Crippen LogP contribution in [0.3, 0.4) is 0 Å². The van der Waals surface area contributed by atoms with E-state index in [1.807, 2.05) is 0 Å². The summed E-state index contributed by atoms with van der Waals surface area (Å²) in [5.74, 6) is 0. The molecule has 0 saturated heterocycles. The fourth-order valence-electron chi connectivity index (χ4n) is 0.224. The summed E-state index contributed by atoms with van der Waals surface area (Å²) in [5.41, 5.74) is 0. The maximum atomic E-state index is 6.25. The Balaban J connectivity index is 0. The Morgan fingerprint density at radius 1 is 1.11 bits per heavy atom. The highest BCUT2D eigenvalue weighted by atomic mass is 31.2. The van der Waals surface area contributed by atoms with Gasteiger partial charge in [0.25, 0.3) is 0 Å². The van der Waals surface area contributed by atoms with Gasteiger partial charge in [-0.25, -0.2) is 0 Å². The van der Waals surface area contributed by atoms with Crippen molar-refractivity contribution in [2.24, 2.45) is 0 Å². The van der Waals surface area contributed by atoms with Gasteiger partial charge in [-0.1, -0.05) is 0 Å². The molecule has 0 heterocycles. The van der Waals surface area contributed by atoms with Gasteiger partial charge in [0.1, 0.15) is 0 Å². The van der Waals surface area contributed by atoms with E-state index in [1.54, 1.807) is 0 Å². The first-order chi connectivity index (χ1) is 4.12. The number of nitrogens with zero attached hydrogens (tertiary/aromatic N) is 1. The predicted molar refractivity (Wildman–Crippen MR) is 44.8 cm³/mol. The van der Waals surface area contributed by atoms with Crippen molar-refractivity contribution in [3.63, 3.8) is 0 Å². The molecule has 0 rings (SSSR count). The van der Waals surface area contributed by atoms with Gasteiger partial charge in [-0.05, 0) is 13.8 Å². The summed E-state index contributed by atoms with van der Waals surface area (Å²) < 4.78 is 0. The third kappa shape index (κ3) is 7.92. The molecule has 0 aliphatic carbocycles. The number of hydrogen-bond donors (Lipinski definition) is 0. The highest BCUT2D eigenvalue weighted by molar-refractivity contribution is 7.74. The van der Waals surface area contributed by atoms with Crippen LogP contribution < -0.4 is 0 Å². The fourth-order valence-corrected chi connectivity index (χ4v) is 0.671. The van der Waals surface area contributed by atoms with Crippen molar-refractivity contribution >= 4 is 7.26 Å². The lowest BCUT2D eigenvalue weighted by molar-refractivity contribution is 1.38. The Hall–Kier alpha value is -0.0800. The molecule has 0 aliphatic heterocycles. The van der Waals surface area contributed by atoms with Crippen molar-refractivity contribution in [1.82, 2.24) is 0 Å². The van der Waals surface area contributed by atoms with Crippen LogP contribution in [0.5, 0.6) is 0 Å². The topological polar surface area (TPSA) is 23.8 Å². The molecule has 0 radical (unpaired) electrons. The van der Waals surface area contributed by atoms with E-state index >= 15 is 0 Å². The van der Waals surface area contributed by atoms with Crippen LogP contribution in [0.25, 0.3) is 0 Å². The molecule has 0 fully saturated rings. The Morgan fingerprint density at radius 3 is 1.33 bits per heavy atom. The standard InChI is InChI=1S/C6H16P.CN/c1-5-7(3,4)6-2;1-2/h5-6H2,1-4H3;/q+1;-1. The molecule has 1 nitrogen and oxygen atoms in total. The fraction of sp³-hybridized carbons (Fsp3) is 0.857. The molecule has 0 amide bonds. The van der Waals surface area contributed by atoms with Crippen LogP contribution in [0.1, 0.15) is 13.8 Å². The minimum Gasteiger partial charge on any atom is -0.512 e. The predicted octanol–water partition coefficient (Wildman–Crippen LogP) is 2.40. The van der Waals surface area contributed by atoms with Crippen LogP contribution in [-0.2, 0) is 0 Å². The lowest BCUT2D eigenvalue weighted by Gasteiger charge is -2.11. The molecule has 0 saturated carbocycles. The molecular formula is C7H16NP. The van der Waals surface area contributed by atoms with E-state index in [1.165, 1.54) is 12.3 Å². The first-order valence-electron chi connectivity index (χ1n) is 3.16. The largest absolute Gasteiger partial charge is 0.512 e. The van der Waals surface area contributed by atoms with Crippen LogP contribution in [0.2, 0.25) is 0 Å². The third-order valence-electron chi connectivity index (χ3n) is 1.71. The van der Waals surface area contributed by atoms with Crippen LogP contribution in [0.4, 0.5) is 0 Å². The lowest BCUT2D eigenvalue weighted by Crippen LogP contribution is -1.92. The van der Waals surface area contributed by atoms with Crippen molar-refractivity contribution < 1.29 is 0 Å². The summed E-state index contributed by atoms with van der Waals surface area (Å²) in [7, 11) is -0.404. The molecule has 0 spiro atoms. The summed E-state index contributed by atoms with van der Waals surface area (Å²) in [6.07, 6.45) is 2.81. The molecule has 0 aromatic rings. The molecular weight excluding hydrogens is 129 g/mol. The molecule has 0 unspecified atom stereocenters. The lowest BCUT2D eigenvalue weighted by atomic mass is 11.0. The second kappa shape index (κ2) is 6.05. The Morgan fingerprint density at radius 2 is 1.33 bits per heavy atom. The van der Waals surface area contributed by atoms with Gasteiger partial charge in [0, 0.05) is 20.6 Å². The van der Waals surface area contributed by atoms with Crippen molar-refractivity contribution in [3.8, 4) is 0 Å². The van der Waals surface area contributed by atoms with E-state index in [4.69, 9.17) is 11.8 Å². The zero-order chi connectivity index (χ0) is 7.91. The molecule has 0 aromatic carbocycles. The van der Waals surface area contributed by atoms with Gasteiger partial charge in [-0.3, -0.25) is 0 Å². The molecule has 0 bridgehead atoms. The van der Waals surface area contributed by atoms with Crippen LogP contribution in [0, 0.1) is 11.8 Å². The molecule has 0 aromatic heterocycles. The molecule has 0 N–H and O–H groups in total. The summed E-state index contributed by atoms with van der Waals surface area (Å²) in [5, 5.41) is 6.25. The molecule has 9 heavy (non-hydrogen) atoms. The average Bonchev–Trinajstić information content (AvgIpc) is 1.93. The van der Waals surface area contributed by atoms with Crippen molar-refractivity contribution in [1.29, 1.82) is 5.26 Å². The summed E-state index contributed by atoms with van der Waals surface area (Å²) >= 11 is 0. The van der Waals surface area contributed by atoms with E-state index in [-0.39, 0.29) is 0 Å². The molecule has 0 aliphatic rings. The molecule has 2 heteroatoms. The third-order valence-corrected chi connectivity index (χ3v) is 5.14. The van der Waals surface area contributed by atoms with Gasteiger partial charge in [0.2, 0.25) is 0 Å². The Kier molecular flexibility index (Phi) is 7.85. The van der Waals surface area contributed by atoms with E-state index in [9.17, 15) is 0 Å². The SMILES string of the molecule is CC[P+](C)(C)CC.[C-]#N. The minimum absolute atomic E-state index is 0.404. The summed E-state index contributed by atoms with van der Waals surface area (Å²) in [4.78, 5) is 0. The van der Waals surface area contributed by atoms with E-state index in [2.05, 4.69) is 27.2 Å². The first-order valence-corrected chi connectivity index (χ1v) is 6.22. The molecule has 0 atom stereocenters. The second-order valence-corrected chi connectivity index (χ2v) is 7.70. The normalized spacial score (nSPS) is 9.56. The molecule has 54 valence electrons. The number of rotatable bonds is 2. The quantitative estimate of drug-likeness (QED) is 0.432. The van der Waals surface area contributed by atoms with Gasteiger partial charge in [0.15, 0.2) is 0 Å². The number of hydrogen-bond acceptors (Lipinski definition) is 1. The second-order valence-electron chi connectivity index (χ2n) is 2.57. The van der Waals surface area contributed by atoms with Crippen LogP contribution >= 0.6 is 7.26 Å². The first kappa shape index (κ1) is 11.7. The van der Waals surface area contributed by atoms with E-state index in [0.29, 0.717) is 0 Å². The van der Waals surface area contributed by atoms with Gasteiger partial charge >= 0.3 is 0 Å².